The molecule has 164 valence electrons. The molecule has 2 aromatic carbocycles. The number of para-hydroxylation sites is 2. The third-order valence-electron chi connectivity index (χ3n) is 5.32. The molecule has 0 bridgehead atoms. The number of furan rings is 1. The van der Waals surface area contributed by atoms with Gasteiger partial charge in [0, 0.05) is 11.4 Å². The lowest BCUT2D eigenvalue weighted by Crippen LogP contribution is -2.34. The molecule has 2 amide bonds. The maximum absolute atomic E-state index is 13.1. The maximum Gasteiger partial charge on any atom is 0.265 e. The Morgan fingerprint density at radius 2 is 1.78 bits per heavy atom. The summed E-state index contributed by atoms with van der Waals surface area (Å²) in [5.41, 5.74) is 2.06. The van der Waals surface area contributed by atoms with Crippen LogP contribution in [0.1, 0.15) is 41.8 Å². The predicted octanol–water partition coefficient (Wildman–Crippen LogP) is 5.40. The molecule has 0 atom stereocenters. The average Bonchev–Trinajstić information content (AvgIpc) is 3.36. The minimum atomic E-state index is -0.290. The number of nitrogens with one attached hydrogen (secondary N) is 1. The molecule has 0 aliphatic heterocycles. The van der Waals surface area contributed by atoms with Crippen molar-refractivity contribution >= 4 is 17.5 Å². The van der Waals surface area contributed by atoms with E-state index in [2.05, 4.69) is 11.4 Å². The van der Waals surface area contributed by atoms with Crippen LogP contribution in [-0.4, -0.2) is 23.3 Å². The first kappa shape index (κ1) is 21.4. The molecule has 0 saturated carbocycles. The number of anilines is 1. The fourth-order valence-corrected chi connectivity index (χ4v) is 3.69. The first-order valence-electron chi connectivity index (χ1n) is 10.8. The second-order valence-electron chi connectivity index (χ2n) is 7.61. The molecule has 1 aliphatic rings. The summed E-state index contributed by atoms with van der Waals surface area (Å²) in [4.78, 5) is 27.6. The third-order valence-corrected chi connectivity index (χ3v) is 5.32. The zero-order valence-corrected chi connectivity index (χ0v) is 17.8. The molecule has 0 unspecified atom stereocenters. The van der Waals surface area contributed by atoms with Crippen molar-refractivity contribution in [1.29, 1.82) is 0 Å². The summed E-state index contributed by atoms with van der Waals surface area (Å²) in [5.74, 6) is 0.617. The highest BCUT2D eigenvalue weighted by molar-refractivity contribution is 6.06. The highest BCUT2D eigenvalue weighted by atomic mass is 16.5. The molecule has 1 aliphatic carbocycles. The summed E-state index contributed by atoms with van der Waals surface area (Å²) < 4.78 is 11.3. The van der Waals surface area contributed by atoms with Crippen molar-refractivity contribution in [3.8, 4) is 5.75 Å². The van der Waals surface area contributed by atoms with E-state index in [1.54, 1.807) is 35.4 Å². The van der Waals surface area contributed by atoms with E-state index in [0.29, 0.717) is 29.3 Å². The fourth-order valence-electron chi connectivity index (χ4n) is 3.69. The van der Waals surface area contributed by atoms with Crippen LogP contribution in [0.15, 0.2) is 89.2 Å². The van der Waals surface area contributed by atoms with E-state index in [-0.39, 0.29) is 18.4 Å². The first-order chi connectivity index (χ1) is 15.7. The molecule has 0 spiro atoms. The van der Waals surface area contributed by atoms with E-state index in [9.17, 15) is 9.59 Å². The second kappa shape index (κ2) is 10.5. The van der Waals surface area contributed by atoms with Gasteiger partial charge >= 0.3 is 0 Å². The zero-order valence-electron chi connectivity index (χ0n) is 17.8. The van der Waals surface area contributed by atoms with Gasteiger partial charge in [-0.05, 0) is 62.1 Å². The van der Waals surface area contributed by atoms with Crippen LogP contribution in [-0.2, 0) is 11.3 Å². The van der Waals surface area contributed by atoms with Gasteiger partial charge in [0.1, 0.15) is 11.5 Å². The summed E-state index contributed by atoms with van der Waals surface area (Å²) in [6.07, 6.45) is 7.71. The number of carbonyl (C=O) groups excluding carboxylic acids is 2. The summed E-state index contributed by atoms with van der Waals surface area (Å²) in [5, 5.41) is 2.85. The molecule has 0 saturated heterocycles. The van der Waals surface area contributed by atoms with Gasteiger partial charge in [-0.1, -0.05) is 36.4 Å². The quantitative estimate of drug-likeness (QED) is 0.520. The SMILES string of the molecule is O=C(Nc1ccccc1)c1ccccc1OCC(=O)N(Cc1ccco1)C1=CCCCC1. The van der Waals surface area contributed by atoms with Gasteiger partial charge in [0.2, 0.25) is 0 Å². The highest BCUT2D eigenvalue weighted by Crippen LogP contribution is 2.24. The maximum atomic E-state index is 13.1. The minimum Gasteiger partial charge on any atom is -0.483 e. The summed E-state index contributed by atoms with van der Waals surface area (Å²) in [6.45, 7) is 0.185. The van der Waals surface area contributed by atoms with Crippen molar-refractivity contribution in [3.05, 3.63) is 96.1 Å². The molecule has 6 heteroatoms. The molecule has 0 radical (unpaired) electrons. The Balaban J connectivity index is 1.46. The third kappa shape index (κ3) is 5.46. The normalized spacial score (nSPS) is 13.2. The Kier molecular flexibility index (Phi) is 7.02. The van der Waals surface area contributed by atoms with Crippen molar-refractivity contribution in [2.45, 2.75) is 32.2 Å². The van der Waals surface area contributed by atoms with Gasteiger partial charge in [-0.2, -0.15) is 0 Å². The van der Waals surface area contributed by atoms with E-state index >= 15 is 0 Å². The van der Waals surface area contributed by atoms with Gasteiger partial charge in [-0.3, -0.25) is 9.59 Å². The zero-order chi connectivity index (χ0) is 22.2. The fraction of sp³-hybridized carbons (Fsp3) is 0.231. The molecule has 32 heavy (non-hydrogen) atoms. The molecule has 4 rings (SSSR count). The lowest BCUT2D eigenvalue weighted by atomic mass is 10.0. The molecule has 1 N–H and O–H groups in total. The number of nitrogens with zero attached hydrogens (tertiary/aromatic N) is 1. The minimum absolute atomic E-state index is 0.173. The summed E-state index contributed by atoms with van der Waals surface area (Å²) in [6, 6.07) is 19.8. The Morgan fingerprint density at radius 3 is 2.53 bits per heavy atom. The van der Waals surface area contributed by atoms with E-state index in [4.69, 9.17) is 9.15 Å². The lowest BCUT2D eigenvalue weighted by molar-refractivity contribution is -0.132. The number of hydrogen-bond donors (Lipinski definition) is 1. The van der Waals surface area contributed by atoms with Crippen LogP contribution < -0.4 is 10.1 Å². The molecule has 6 nitrogen and oxygen atoms in total. The van der Waals surface area contributed by atoms with E-state index in [0.717, 1.165) is 31.4 Å². The highest BCUT2D eigenvalue weighted by Gasteiger charge is 2.22. The number of benzene rings is 2. The van der Waals surface area contributed by atoms with Gasteiger partial charge in [0.05, 0.1) is 18.4 Å². The lowest BCUT2D eigenvalue weighted by Gasteiger charge is -2.27. The number of ether oxygens (including phenoxy) is 1. The molecule has 1 aromatic heterocycles. The van der Waals surface area contributed by atoms with Gasteiger partial charge in [-0.25, -0.2) is 0 Å². The van der Waals surface area contributed by atoms with Crippen molar-refractivity contribution in [2.75, 3.05) is 11.9 Å². The Bertz CT molecular complexity index is 1070. The van der Waals surface area contributed by atoms with E-state index < -0.39 is 0 Å². The van der Waals surface area contributed by atoms with Crippen LogP contribution in [0, 0.1) is 0 Å². The van der Waals surface area contributed by atoms with E-state index in [1.807, 2.05) is 42.5 Å². The van der Waals surface area contributed by atoms with Gasteiger partial charge in [0.25, 0.3) is 11.8 Å². The van der Waals surface area contributed by atoms with Crippen LogP contribution in [0.3, 0.4) is 0 Å². The standard InChI is InChI=1S/C26H26N2O4/c29-25(28(18-22-14-9-17-31-22)21-12-5-2-6-13-21)19-32-24-16-8-7-15-23(24)26(30)27-20-10-3-1-4-11-20/h1,3-4,7-12,14-17H,2,5-6,13,18-19H2,(H,27,30). The van der Waals surface area contributed by atoms with Crippen molar-refractivity contribution in [1.82, 2.24) is 4.90 Å². The first-order valence-corrected chi connectivity index (χ1v) is 10.8. The Labute approximate surface area is 187 Å². The molecular formula is C26H26N2O4. The summed E-state index contributed by atoms with van der Waals surface area (Å²) >= 11 is 0. The average molecular weight is 431 g/mol. The van der Waals surface area contributed by atoms with Crippen molar-refractivity contribution in [2.24, 2.45) is 0 Å². The molecular weight excluding hydrogens is 404 g/mol. The number of allylic oxidation sites excluding steroid dienone is 2. The monoisotopic (exact) mass is 430 g/mol. The van der Waals surface area contributed by atoms with Crippen molar-refractivity contribution < 1.29 is 18.7 Å². The van der Waals surface area contributed by atoms with Gasteiger partial charge in [0.15, 0.2) is 6.61 Å². The van der Waals surface area contributed by atoms with Crippen LogP contribution >= 0.6 is 0 Å². The van der Waals surface area contributed by atoms with Gasteiger partial charge in [-0.15, -0.1) is 0 Å². The van der Waals surface area contributed by atoms with Crippen LogP contribution in [0.4, 0.5) is 5.69 Å². The Hall–Kier alpha value is -3.80. The topological polar surface area (TPSA) is 71.8 Å². The van der Waals surface area contributed by atoms with Crippen LogP contribution in [0.2, 0.25) is 0 Å². The number of rotatable bonds is 8. The number of carbonyl (C=O) groups is 2. The second-order valence-corrected chi connectivity index (χ2v) is 7.61. The van der Waals surface area contributed by atoms with Crippen molar-refractivity contribution in [3.63, 3.8) is 0 Å². The largest absolute Gasteiger partial charge is 0.483 e. The smallest absolute Gasteiger partial charge is 0.265 e. The van der Waals surface area contributed by atoms with E-state index in [1.165, 1.54) is 0 Å². The molecule has 0 fully saturated rings. The van der Waals surface area contributed by atoms with Gasteiger partial charge < -0.3 is 19.4 Å². The van der Waals surface area contributed by atoms with Crippen LogP contribution in [0.25, 0.3) is 0 Å². The van der Waals surface area contributed by atoms with Crippen LogP contribution in [0.5, 0.6) is 5.75 Å². The molecule has 3 aromatic rings. The molecule has 1 heterocycles. The number of hydrogen-bond acceptors (Lipinski definition) is 4. The Morgan fingerprint density at radius 1 is 0.969 bits per heavy atom. The summed E-state index contributed by atoms with van der Waals surface area (Å²) in [7, 11) is 0. The number of amides is 2. The predicted molar refractivity (Wildman–Crippen MR) is 122 cm³/mol.